The van der Waals surface area contributed by atoms with Crippen molar-refractivity contribution in [3.63, 3.8) is 0 Å². The molecule has 0 saturated carbocycles. The van der Waals surface area contributed by atoms with Crippen LogP contribution in [0.3, 0.4) is 0 Å². The maximum absolute atomic E-state index is 12.9. The Balaban J connectivity index is 3.06. The minimum absolute atomic E-state index is 0.0466. The van der Waals surface area contributed by atoms with E-state index in [9.17, 15) is 17.7 Å². The highest BCUT2D eigenvalue weighted by Crippen LogP contribution is 2.49. The first kappa shape index (κ1) is 18.7. The van der Waals surface area contributed by atoms with E-state index in [1.807, 2.05) is 0 Å². The van der Waals surface area contributed by atoms with E-state index in [0.29, 0.717) is 0 Å². The molecule has 124 valence electrons. The minimum atomic E-state index is -4.53. The molecule has 0 radical (unpaired) electrons. The highest BCUT2D eigenvalue weighted by molar-refractivity contribution is 7.48. The van der Waals surface area contributed by atoms with E-state index in [2.05, 4.69) is 5.16 Å². The Morgan fingerprint density at radius 2 is 1.73 bits per heavy atom. The van der Waals surface area contributed by atoms with Crippen molar-refractivity contribution < 1.29 is 31.4 Å². The van der Waals surface area contributed by atoms with Crippen LogP contribution in [0, 0.1) is 0 Å². The Morgan fingerprint density at radius 3 is 2.23 bits per heavy atom. The molecule has 9 heteroatoms. The van der Waals surface area contributed by atoms with Crippen LogP contribution in [0.15, 0.2) is 29.4 Å². The van der Waals surface area contributed by atoms with E-state index in [1.165, 1.54) is 25.1 Å². The molecule has 0 aliphatic rings. The second kappa shape index (κ2) is 7.76. The van der Waals surface area contributed by atoms with Gasteiger partial charge in [0.25, 0.3) is 0 Å². The normalized spacial score (nSPS) is 13.3. The Kier molecular flexibility index (Phi) is 6.59. The highest BCUT2D eigenvalue weighted by Gasteiger charge is 2.34. The molecule has 0 heterocycles. The molecule has 0 N–H and O–H groups in total. The molecule has 0 aliphatic carbocycles. The molecule has 0 amide bonds. The van der Waals surface area contributed by atoms with Crippen LogP contribution < -0.4 is 0 Å². The molecule has 5 nitrogen and oxygen atoms in total. The number of nitrogens with zero attached hydrogens (tertiary/aromatic N) is 1. The summed E-state index contributed by atoms with van der Waals surface area (Å²) in [6.45, 7) is 4.55. The molecule has 0 atom stereocenters. The maximum atomic E-state index is 12.9. The summed E-state index contributed by atoms with van der Waals surface area (Å²) in [6, 6.07) is 4.89. The lowest BCUT2D eigenvalue weighted by atomic mass is 10.0. The summed E-state index contributed by atoms with van der Waals surface area (Å²) in [6.07, 6.45) is -4.53. The van der Waals surface area contributed by atoms with Crippen molar-refractivity contribution in [2.75, 3.05) is 13.2 Å². The van der Waals surface area contributed by atoms with Crippen molar-refractivity contribution in [3.8, 4) is 0 Å². The van der Waals surface area contributed by atoms with E-state index >= 15 is 0 Å². The number of phosphoric acid groups is 1. The monoisotopic (exact) mass is 339 g/mol. The maximum Gasteiger partial charge on any atom is 0.550 e. The zero-order valence-corrected chi connectivity index (χ0v) is 13.3. The summed E-state index contributed by atoms with van der Waals surface area (Å²) < 4.78 is 65.2. The van der Waals surface area contributed by atoms with Crippen LogP contribution in [-0.2, 0) is 24.4 Å². The second-order valence-electron chi connectivity index (χ2n) is 4.08. The van der Waals surface area contributed by atoms with Gasteiger partial charge in [0.15, 0.2) is 0 Å². The third kappa shape index (κ3) is 5.12. The third-order valence-corrected chi connectivity index (χ3v) is 3.90. The van der Waals surface area contributed by atoms with Crippen molar-refractivity contribution in [1.82, 2.24) is 0 Å². The molecule has 0 bridgehead atoms. The number of hydrogen-bond donors (Lipinski definition) is 0. The average molecular weight is 339 g/mol. The van der Waals surface area contributed by atoms with Gasteiger partial charge in [-0.2, -0.15) is 13.2 Å². The molecule has 0 saturated heterocycles. The zero-order chi connectivity index (χ0) is 16.8. The molecular formula is C13H17F3NO4P. The van der Waals surface area contributed by atoms with Gasteiger partial charge in [0.05, 0.1) is 24.5 Å². The van der Waals surface area contributed by atoms with Gasteiger partial charge in [-0.1, -0.05) is 23.4 Å². The van der Waals surface area contributed by atoms with Crippen molar-refractivity contribution in [1.29, 1.82) is 0 Å². The van der Waals surface area contributed by atoms with Crippen LogP contribution in [0.4, 0.5) is 13.2 Å². The fraction of sp³-hybridized carbons (Fsp3) is 0.462. The van der Waals surface area contributed by atoms with Gasteiger partial charge in [-0.15, -0.1) is 0 Å². The van der Waals surface area contributed by atoms with Gasteiger partial charge in [0.1, 0.15) is 0 Å². The van der Waals surface area contributed by atoms with E-state index in [4.69, 9.17) is 13.7 Å². The van der Waals surface area contributed by atoms with Crippen molar-refractivity contribution in [2.45, 2.75) is 26.9 Å². The highest BCUT2D eigenvalue weighted by atomic mass is 31.2. The first-order valence-electron chi connectivity index (χ1n) is 6.52. The summed E-state index contributed by atoms with van der Waals surface area (Å²) in [5, 5.41) is 3.48. The standard InChI is InChI=1S/C13H17F3NO4P/c1-4-19-22(18,20-5-2)21-17-10(3)11-8-6-7-9-12(11)13(14,15)16/h6-9H,4-5H2,1-3H3/b17-10-. The number of benzene rings is 1. The van der Waals surface area contributed by atoms with Crippen LogP contribution in [0.25, 0.3) is 0 Å². The van der Waals surface area contributed by atoms with Gasteiger partial charge in [-0.05, 0) is 26.8 Å². The molecule has 1 aromatic rings. The Bertz CT molecular complexity index is 565. The average Bonchev–Trinajstić information content (AvgIpc) is 2.44. The molecular weight excluding hydrogens is 322 g/mol. The fourth-order valence-corrected chi connectivity index (χ4v) is 2.63. The topological polar surface area (TPSA) is 57.1 Å². The number of rotatable bonds is 7. The van der Waals surface area contributed by atoms with Crippen LogP contribution >= 0.6 is 7.82 Å². The van der Waals surface area contributed by atoms with Gasteiger partial charge in [-0.3, -0.25) is 13.7 Å². The van der Waals surface area contributed by atoms with E-state index in [0.717, 1.165) is 6.07 Å². The summed E-state index contributed by atoms with van der Waals surface area (Å²) >= 11 is 0. The molecule has 0 unspecified atom stereocenters. The Hall–Kier alpha value is -1.37. The third-order valence-electron chi connectivity index (χ3n) is 2.47. The first-order chi connectivity index (χ1) is 10.2. The SMILES string of the molecule is CCOP(=O)(OCC)O/N=C(/C)c1ccccc1C(F)(F)F. The molecule has 1 rings (SSSR count). The molecule has 0 aromatic heterocycles. The summed E-state index contributed by atoms with van der Waals surface area (Å²) in [5.41, 5.74) is -1.12. The van der Waals surface area contributed by atoms with Gasteiger partial charge in [0.2, 0.25) is 0 Å². The van der Waals surface area contributed by atoms with Gasteiger partial charge in [0, 0.05) is 5.56 Å². The molecule has 0 aliphatic heterocycles. The lowest BCUT2D eigenvalue weighted by Gasteiger charge is -2.15. The summed E-state index contributed by atoms with van der Waals surface area (Å²) in [5.74, 6) is 0. The van der Waals surface area contributed by atoms with E-state index in [-0.39, 0.29) is 24.5 Å². The quantitative estimate of drug-likeness (QED) is 0.413. The van der Waals surface area contributed by atoms with Crippen molar-refractivity contribution >= 4 is 13.5 Å². The number of halogens is 3. The predicted octanol–water partition coefficient (Wildman–Crippen LogP) is 4.63. The summed E-state index contributed by atoms with van der Waals surface area (Å²) in [7, 11) is -3.92. The van der Waals surface area contributed by atoms with Crippen LogP contribution in [0.2, 0.25) is 0 Å². The Labute approximate surface area is 126 Å². The number of hydrogen-bond acceptors (Lipinski definition) is 5. The van der Waals surface area contributed by atoms with Crippen LogP contribution in [-0.4, -0.2) is 18.9 Å². The van der Waals surface area contributed by atoms with Gasteiger partial charge in [-0.25, -0.2) is 4.57 Å². The largest absolute Gasteiger partial charge is 0.550 e. The molecule has 22 heavy (non-hydrogen) atoms. The fourth-order valence-electron chi connectivity index (χ4n) is 1.61. The Morgan fingerprint density at radius 1 is 1.18 bits per heavy atom. The van der Waals surface area contributed by atoms with Gasteiger partial charge >= 0.3 is 14.0 Å². The molecule has 0 spiro atoms. The van der Waals surface area contributed by atoms with Gasteiger partial charge < -0.3 is 0 Å². The number of oxime groups is 1. The lowest BCUT2D eigenvalue weighted by Crippen LogP contribution is -2.12. The van der Waals surface area contributed by atoms with E-state index in [1.54, 1.807) is 13.8 Å². The smallest absolute Gasteiger partial charge is 0.292 e. The van der Waals surface area contributed by atoms with E-state index < -0.39 is 19.6 Å². The lowest BCUT2D eigenvalue weighted by molar-refractivity contribution is -0.137. The minimum Gasteiger partial charge on any atom is -0.292 e. The molecule has 1 aromatic carbocycles. The van der Waals surface area contributed by atoms with Crippen LogP contribution in [0.5, 0.6) is 0 Å². The number of phosphoric ester groups is 1. The second-order valence-corrected chi connectivity index (χ2v) is 5.66. The van der Waals surface area contributed by atoms with Crippen LogP contribution in [0.1, 0.15) is 31.9 Å². The summed E-state index contributed by atoms with van der Waals surface area (Å²) in [4.78, 5) is 0. The first-order valence-corrected chi connectivity index (χ1v) is 7.98. The number of alkyl halides is 3. The molecule has 0 fully saturated rings. The predicted molar refractivity (Wildman–Crippen MR) is 75.6 cm³/mol. The van der Waals surface area contributed by atoms with Crippen molar-refractivity contribution in [2.24, 2.45) is 5.16 Å². The zero-order valence-electron chi connectivity index (χ0n) is 12.4. The van der Waals surface area contributed by atoms with Crippen molar-refractivity contribution in [3.05, 3.63) is 35.4 Å².